The van der Waals surface area contributed by atoms with Crippen molar-refractivity contribution in [2.45, 2.75) is 45.6 Å². The molecule has 6 nitrogen and oxygen atoms in total. The van der Waals surface area contributed by atoms with E-state index in [0.717, 1.165) is 19.4 Å². The number of aryl methyl sites for hydroxylation is 1. The van der Waals surface area contributed by atoms with Gasteiger partial charge in [-0.05, 0) is 40.0 Å². The third-order valence-electron chi connectivity index (χ3n) is 3.81. The highest BCUT2D eigenvalue weighted by atomic mass is 16.5. The lowest BCUT2D eigenvalue weighted by Gasteiger charge is -2.22. The molecule has 0 radical (unpaired) electrons. The quantitative estimate of drug-likeness (QED) is 0.855. The molecule has 6 heteroatoms. The molecule has 1 saturated heterocycles. The molecule has 1 N–H and O–H groups in total. The molecule has 0 spiro atoms. The lowest BCUT2D eigenvalue weighted by Crippen LogP contribution is -2.29. The van der Waals surface area contributed by atoms with Crippen LogP contribution in [0.4, 0.5) is 5.95 Å². The van der Waals surface area contributed by atoms with Gasteiger partial charge in [0.05, 0.1) is 23.5 Å². The maximum atomic E-state index is 11.7. The van der Waals surface area contributed by atoms with E-state index in [9.17, 15) is 9.90 Å². The van der Waals surface area contributed by atoms with E-state index in [1.54, 1.807) is 13.8 Å². The number of hydrogen-bond donors (Lipinski definition) is 1. The molecule has 1 atom stereocenters. The van der Waals surface area contributed by atoms with Crippen molar-refractivity contribution in [2.24, 2.45) is 0 Å². The Labute approximate surface area is 125 Å². The molecule has 1 aromatic heterocycles. The SMILES string of the molecule is CCOC(=O)c1cnc(N2CCCC(C)(O)CC2)nc1C. The van der Waals surface area contributed by atoms with E-state index in [2.05, 4.69) is 14.9 Å². The minimum atomic E-state index is -0.616. The van der Waals surface area contributed by atoms with Gasteiger partial charge in [0.25, 0.3) is 0 Å². The summed E-state index contributed by atoms with van der Waals surface area (Å²) in [6, 6.07) is 0. The molecule has 1 aromatic rings. The molecule has 1 fully saturated rings. The first-order valence-electron chi connectivity index (χ1n) is 7.41. The van der Waals surface area contributed by atoms with Crippen LogP contribution in [0.2, 0.25) is 0 Å². The van der Waals surface area contributed by atoms with Gasteiger partial charge in [-0.1, -0.05) is 0 Å². The van der Waals surface area contributed by atoms with Crippen molar-refractivity contribution in [2.75, 3.05) is 24.6 Å². The molecular weight excluding hydrogens is 270 g/mol. The Balaban J connectivity index is 2.14. The van der Waals surface area contributed by atoms with Gasteiger partial charge in [0.15, 0.2) is 0 Å². The molecule has 1 aliphatic heterocycles. The summed E-state index contributed by atoms with van der Waals surface area (Å²) in [5.74, 6) is 0.221. The average molecular weight is 293 g/mol. The number of carbonyl (C=O) groups is 1. The number of rotatable bonds is 3. The second-order valence-electron chi connectivity index (χ2n) is 5.73. The number of esters is 1. The van der Waals surface area contributed by atoms with E-state index in [4.69, 9.17) is 4.74 Å². The van der Waals surface area contributed by atoms with Crippen molar-refractivity contribution < 1.29 is 14.6 Å². The molecular formula is C15H23N3O3. The van der Waals surface area contributed by atoms with E-state index in [0.29, 0.717) is 36.8 Å². The van der Waals surface area contributed by atoms with Crippen molar-refractivity contribution in [1.29, 1.82) is 0 Å². The van der Waals surface area contributed by atoms with Crippen LogP contribution in [0.3, 0.4) is 0 Å². The summed E-state index contributed by atoms with van der Waals surface area (Å²) >= 11 is 0. The number of nitrogens with zero attached hydrogens (tertiary/aromatic N) is 3. The molecule has 2 heterocycles. The van der Waals surface area contributed by atoms with Crippen LogP contribution in [0, 0.1) is 6.92 Å². The monoisotopic (exact) mass is 293 g/mol. The van der Waals surface area contributed by atoms with Crippen molar-refractivity contribution in [1.82, 2.24) is 9.97 Å². The largest absolute Gasteiger partial charge is 0.462 e. The van der Waals surface area contributed by atoms with Gasteiger partial charge in [-0.2, -0.15) is 0 Å². The minimum absolute atomic E-state index is 0.335. The third-order valence-corrected chi connectivity index (χ3v) is 3.81. The fraction of sp³-hybridized carbons (Fsp3) is 0.667. The number of hydrogen-bond acceptors (Lipinski definition) is 6. The molecule has 21 heavy (non-hydrogen) atoms. The fourth-order valence-corrected chi connectivity index (χ4v) is 2.48. The summed E-state index contributed by atoms with van der Waals surface area (Å²) in [4.78, 5) is 22.5. The predicted molar refractivity (Wildman–Crippen MR) is 79.4 cm³/mol. The lowest BCUT2D eigenvalue weighted by atomic mass is 9.98. The van der Waals surface area contributed by atoms with Crippen molar-refractivity contribution in [3.8, 4) is 0 Å². The van der Waals surface area contributed by atoms with Crippen LogP contribution in [0.1, 0.15) is 49.2 Å². The number of aromatic nitrogens is 2. The summed E-state index contributed by atoms with van der Waals surface area (Å²) < 4.78 is 4.98. The van der Waals surface area contributed by atoms with Crippen LogP contribution in [0.25, 0.3) is 0 Å². The first-order valence-corrected chi connectivity index (χ1v) is 7.41. The standard InChI is InChI=1S/C15H23N3O3/c1-4-21-13(19)12-10-16-14(17-11(12)2)18-8-5-6-15(3,20)7-9-18/h10,20H,4-9H2,1-3H3. The summed E-state index contributed by atoms with van der Waals surface area (Å²) in [7, 11) is 0. The summed E-state index contributed by atoms with van der Waals surface area (Å²) in [5.41, 5.74) is 0.408. The fourth-order valence-electron chi connectivity index (χ4n) is 2.48. The molecule has 0 amide bonds. The Morgan fingerprint density at radius 3 is 2.90 bits per heavy atom. The van der Waals surface area contributed by atoms with Crippen LogP contribution in [0.5, 0.6) is 0 Å². The highest BCUT2D eigenvalue weighted by Crippen LogP contribution is 2.23. The maximum Gasteiger partial charge on any atom is 0.341 e. The Bertz CT molecular complexity index is 517. The maximum absolute atomic E-state index is 11.7. The Kier molecular flexibility index (Phi) is 4.77. The van der Waals surface area contributed by atoms with E-state index >= 15 is 0 Å². The van der Waals surface area contributed by atoms with Crippen LogP contribution in [0.15, 0.2) is 6.20 Å². The first-order chi connectivity index (χ1) is 9.93. The summed E-state index contributed by atoms with van der Waals surface area (Å²) in [6.07, 6.45) is 3.89. The molecule has 0 aliphatic carbocycles. The van der Waals surface area contributed by atoms with Crippen molar-refractivity contribution >= 4 is 11.9 Å². The third kappa shape index (κ3) is 3.91. The van der Waals surface area contributed by atoms with E-state index in [1.165, 1.54) is 6.20 Å². The second-order valence-corrected chi connectivity index (χ2v) is 5.73. The highest BCUT2D eigenvalue weighted by Gasteiger charge is 2.26. The Morgan fingerprint density at radius 2 is 2.24 bits per heavy atom. The Hall–Kier alpha value is -1.69. The van der Waals surface area contributed by atoms with E-state index in [-0.39, 0.29) is 5.97 Å². The van der Waals surface area contributed by atoms with Gasteiger partial charge >= 0.3 is 5.97 Å². The van der Waals surface area contributed by atoms with Gasteiger partial charge in [-0.3, -0.25) is 0 Å². The first kappa shape index (κ1) is 15.7. The minimum Gasteiger partial charge on any atom is -0.462 e. The number of carbonyl (C=O) groups excluding carboxylic acids is 1. The topological polar surface area (TPSA) is 75.5 Å². The number of aliphatic hydroxyl groups is 1. The van der Waals surface area contributed by atoms with Gasteiger partial charge in [0.2, 0.25) is 5.95 Å². The van der Waals surface area contributed by atoms with Crippen LogP contribution < -0.4 is 4.90 Å². The smallest absolute Gasteiger partial charge is 0.341 e. The van der Waals surface area contributed by atoms with Crippen molar-refractivity contribution in [3.63, 3.8) is 0 Å². The molecule has 1 unspecified atom stereocenters. The zero-order chi connectivity index (χ0) is 15.5. The number of anilines is 1. The number of ether oxygens (including phenoxy) is 1. The van der Waals surface area contributed by atoms with E-state index < -0.39 is 5.60 Å². The normalized spacial score (nSPS) is 22.8. The van der Waals surface area contributed by atoms with E-state index in [1.807, 2.05) is 6.92 Å². The molecule has 0 bridgehead atoms. The van der Waals surface area contributed by atoms with Gasteiger partial charge in [0, 0.05) is 19.3 Å². The second kappa shape index (κ2) is 6.39. The zero-order valence-corrected chi connectivity index (χ0v) is 12.9. The lowest BCUT2D eigenvalue weighted by molar-refractivity contribution is 0.0480. The molecule has 2 rings (SSSR count). The molecule has 116 valence electrons. The van der Waals surface area contributed by atoms with Crippen LogP contribution >= 0.6 is 0 Å². The van der Waals surface area contributed by atoms with Crippen LogP contribution in [-0.4, -0.2) is 46.3 Å². The molecule has 1 aliphatic rings. The molecule has 0 aromatic carbocycles. The van der Waals surface area contributed by atoms with Gasteiger partial charge in [-0.25, -0.2) is 14.8 Å². The van der Waals surface area contributed by atoms with Crippen molar-refractivity contribution in [3.05, 3.63) is 17.5 Å². The summed E-state index contributed by atoms with van der Waals surface area (Å²) in [5, 5.41) is 10.1. The highest BCUT2D eigenvalue weighted by molar-refractivity contribution is 5.90. The Morgan fingerprint density at radius 1 is 1.48 bits per heavy atom. The zero-order valence-electron chi connectivity index (χ0n) is 12.9. The van der Waals surface area contributed by atoms with Gasteiger partial charge in [-0.15, -0.1) is 0 Å². The molecule has 0 saturated carbocycles. The van der Waals surface area contributed by atoms with Crippen LogP contribution in [-0.2, 0) is 4.74 Å². The average Bonchev–Trinajstić information content (AvgIpc) is 2.60. The van der Waals surface area contributed by atoms with Gasteiger partial charge in [0.1, 0.15) is 0 Å². The summed E-state index contributed by atoms with van der Waals surface area (Å²) in [6.45, 7) is 7.28. The predicted octanol–water partition coefficient (Wildman–Crippen LogP) is 1.70. The van der Waals surface area contributed by atoms with Gasteiger partial charge < -0.3 is 14.7 Å².